The van der Waals surface area contributed by atoms with Crippen molar-refractivity contribution in [2.24, 2.45) is 5.92 Å². The minimum atomic E-state index is -0.441. The summed E-state index contributed by atoms with van der Waals surface area (Å²) in [5, 5.41) is 16.2. The summed E-state index contributed by atoms with van der Waals surface area (Å²) in [7, 11) is 0. The van der Waals surface area contributed by atoms with E-state index in [1.54, 1.807) is 24.5 Å². The number of nitrogens with one attached hydrogen (secondary N) is 2. The lowest BCUT2D eigenvalue weighted by molar-refractivity contribution is 0.0840. The van der Waals surface area contributed by atoms with Crippen molar-refractivity contribution in [2.75, 3.05) is 11.9 Å². The molecule has 1 saturated carbocycles. The smallest absolute Gasteiger partial charge is 0.251 e. The first kappa shape index (κ1) is 16.5. The Morgan fingerprint density at radius 3 is 2.38 bits per heavy atom. The number of hydrogen-bond acceptors (Lipinski definition) is 4. The SMILES string of the molecule is O=C(NCC(O)C1CCCC1)c1ccc(Nc2ccncc2)cc1. The summed E-state index contributed by atoms with van der Waals surface area (Å²) in [5.74, 6) is 0.180. The van der Waals surface area contributed by atoms with Crippen LogP contribution in [0.3, 0.4) is 0 Å². The molecule has 1 heterocycles. The van der Waals surface area contributed by atoms with Crippen LogP contribution in [0.15, 0.2) is 48.8 Å². The highest BCUT2D eigenvalue weighted by Crippen LogP contribution is 2.27. The molecule has 3 rings (SSSR count). The van der Waals surface area contributed by atoms with Gasteiger partial charge in [-0.2, -0.15) is 0 Å². The van der Waals surface area contributed by atoms with Crippen LogP contribution >= 0.6 is 0 Å². The van der Waals surface area contributed by atoms with E-state index < -0.39 is 6.10 Å². The van der Waals surface area contributed by atoms with Gasteiger partial charge >= 0.3 is 0 Å². The highest BCUT2D eigenvalue weighted by molar-refractivity contribution is 5.94. The Hall–Kier alpha value is -2.40. The topological polar surface area (TPSA) is 74.2 Å². The number of amides is 1. The fraction of sp³-hybridized carbons (Fsp3) is 0.368. The molecule has 1 aliphatic rings. The predicted molar refractivity (Wildman–Crippen MR) is 94.3 cm³/mol. The zero-order valence-corrected chi connectivity index (χ0v) is 13.6. The summed E-state index contributed by atoms with van der Waals surface area (Å²) in [6.45, 7) is 0.320. The van der Waals surface area contributed by atoms with Gasteiger partial charge in [-0.25, -0.2) is 0 Å². The lowest BCUT2D eigenvalue weighted by Crippen LogP contribution is -2.35. The summed E-state index contributed by atoms with van der Waals surface area (Å²) < 4.78 is 0. The van der Waals surface area contributed by atoms with Crippen molar-refractivity contribution in [3.05, 3.63) is 54.4 Å². The van der Waals surface area contributed by atoms with Crippen molar-refractivity contribution in [3.63, 3.8) is 0 Å². The maximum atomic E-state index is 12.2. The zero-order chi connectivity index (χ0) is 16.8. The van der Waals surface area contributed by atoms with Gasteiger partial charge in [0, 0.05) is 35.9 Å². The monoisotopic (exact) mass is 325 g/mol. The summed E-state index contributed by atoms with van der Waals surface area (Å²) >= 11 is 0. The number of carbonyl (C=O) groups excluding carboxylic acids is 1. The van der Waals surface area contributed by atoms with Crippen LogP contribution in [0.4, 0.5) is 11.4 Å². The van der Waals surface area contributed by atoms with Crippen LogP contribution < -0.4 is 10.6 Å². The molecule has 1 fully saturated rings. The Morgan fingerprint density at radius 1 is 1.08 bits per heavy atom. The van der Waals surface area contributed by atoms with Crippen molar-refractivity contribution in [1.29, 1.82) is 0 Å². The highest BCUT2D eigenvalue weighted by atomic mass is 16.3. The van der Waals surface area contributed by atoms with Gasteiger partial charge in [0.05, 0.1) is 6.10 Å². The minimum absolute atomic E-state index is 0.150. The highest BCUT2D eigenvalue weighted by Gasteiger charge is 2.23. The van der Waals surface area contributed by atoms with Crippen molar-refractivity contribution in [1.82, 2.24) is 10.3 Å². The van der Waals surface area contributed by atoms with Crippen molar-refractivity contribution < 1.29 is 9.90 Å². The number of aliphatic hydroxyl groups is 1. The van der Waals surface area contributed by atoms with E-state index in [1.165, 1.54) is 12.8 Å². The number of pyridine rings is 1. The average molecular weight is 325 g/mol. The van der Waals surface area contributed by atoms with Gasteiger partial charge in [-0.05, 0) is 55.2 Å². The van der Waals surface area contributed by atoms with Gasteiger partial charge in [0.2, 0.25) is 0 Å². The van der Waals surface area contributed by atoms with Gasteiger partial charge in [-0.15, -0.1) is 0 Å². The number of carbonyl (C=O) groups is 1. The third-order valence-corrected chi connectivity index (χ3v) is 4.53. The Morgan fingerprint density at radius 2 is 1.71 bits per heavy atom. The van der Waals surface area contributed by atoms with Crippen LogP contribution in [0.2, 0.25) is 0 Å². The first-order valence-corrected chi connectivity index (χ1v) is 8.46. The third-order valence-electron chi connectivity index (χ3n) is 4.53. The quantitative estimate of drug-likeness (QED) is 0.763. The Labute approximate surface area is 142 Å². The second kappa shape index (κ2) is 7.93. The van der Waals surface area contributed by atoms with Crippen molar-refractivity contribution >= 4 is 17.3 Å². The summed E-state index contributed by atoms with van der Waals surface area (Å²) in [6.07, 6.45) is 7.49. The second-order valence-electron chi connectivity index (χ2n) is 6.26. The van der Waals surface area contributed by atoms with Gasteiger partial charge in [0.1, 0.15) is 0 Å². The number of rotatable bonds is 6. The molecule has 3 N–H and O–H groups in total. The first-order chi connectivity index (χ1) is 11.7. The van der Waals surface area contributed by atoms with E-state index in [9.17, 15) is 9.90 Å². The molecule has 1 unspecified atom stereocenters. The van der Waals surface area contributed by atoms with E-state index in [2.05, 4.69) is 15.6 Å². The van der Waals surface area contributed by atoms with Crippen LogP contribution in [0, 0.1) is 5.92 Å². The maximum Gasteiger partial charge on any atom is 0.251 e. The van der Waals surface area contributed by atoms with Gasteiger partial charge in [-0.1, -0.05) is 12.8 Å². The number of anilines is 2. The number of aliphatic hydroxyl groups excluding tert-OH is 1. The molecule has 0 bridgehead atoms. The summed E-state index contributed by atoms with van der Waals surface area (Å²) in [5.41, 5.74) is 2.44. The molecule has 0 aliphatic heterocycles. The first-order valence-electron chi connectivity index (χ1n) is 8.46. The predicted octanol–water partition coefficient (Wildman–Crippen LogP) is 3.11. The van der Waals surface area contributed by atoms with Crippen LogP contribution in [0.25, 0.3) is 0 Å². The molecule has 1 aliphatic carbocycles. The van der Waals surface area contributed by atoms with Gasteiger partial charge in [0.25, 0.3) is 5.91 Å². The van der Waals surface area contributed by atoms with E-state index in [0.717, 1.165) is 24.2 Å². The molecule has 0 radical (unpaired) electrons. The van der Waals surface area contributed by atoms with E-state index >= 15 is 0 Å². The van der Waals surface area contributed by atoms with E-state index in [0.29, 0.717) is 18.0 Å². The molecule has 1 amide bonds. The average Bonchev–Trinajstić information content (AvgIpc) is 3.16. The molecule has 1 aromatic heterocycles. The number of hydrogen-bond donors (Lipinski definition) is 3. The molecule has 24 heavy (non-hydrogen) atoms. The third kappa shape index (κ3) is 4.32. The van der Waals surface area contributed by atoms with Gasteiger partial charge < -0.3 is 15.7 Å². The van der Waals surface area contributed by atoms with Gasteiger partial charge in [0.15, 0.2) is 0 Å². The maximum absolute atomic E-state index is 12.2. The number of aromatic nitrogens is 1. The molecular weight excluding hydrogens is 302 g/mol. The van der Waals surface area contributed by atoms with Crippen LogP contribution in [-0.4, -0.2) is 28.6 Å². The zero-order valence-electron chi connectivity index (χ0n) is 13.6. The lowest BCUT2D eigenvalue weighted by Gasteiger charge is -2.18. The molecule has 126 valence electrons. The standard InChI is InChI=1S/C19H23N3O2/c23-18(14-3-1-2-4-14)13-21-19(24)15-5-7-16(8-6-15)22-17-9-11-20-12-10-17/h5-12,14,18,23H,1-4,13H2,(H,20,22)(H,21,24). The molecule has 1 aromatic carbocycles. The van der Waals surface area contributed by atoms with Crippen LogP contribution in [0.5, 0.6) is 0 Å². The van der Waals surface area contributed by atoms with Crippen molar-refractivity contribution in [2.45, 2.75) is 31.8 Å². The van der Waals surface area contributed by atoms with Crippen LogP contribution in [-0.2, 0) is 0 Å². The summed E-state index contributed by atoms with van der Waals surface area (Å²) in [6, 6.07) is 11.0. The fourth-order valence-corrected chi connectivity index (χ4v) is 3.12. The van der Waals surface area contributed by atoms with E-state index in [1.807, 2.05) is 24.3 Å². The normalized spacial score (nSPS) is 15.9. The molecule has 5 heteroatoms. The largest absolute Gasteiger partial charge is 0.391 e. The summed E-state index contributed by atoms with van der Waals surface area (Å²) in [4.78, 5) is 16.2. The Kier molecular flexibility index (Phi) is 5.43. The molecular formula is C19H23N3O2. The van der Waals surface area contributed by atoms with E-state index in [4.69, 9.17) is 0 Å². The second-order valence-corrected chi connectivity index (χ2v) is 6.26. The Bertz CT molecular complexity index is 652. The molecule has 0 saturated heterocycles. The molecule has 1 atom stereocenters. The molecule has 0 spiro atoms. The fourth-order valence-electron chi connectivity index (χ4n) is 3.12. The lowest BCUT2D eigenvalue weighted by atomic mass is 10.0. The molecule has 2 aromatic rings. The Balaban J connectivity index is 1.52. The molecule has 5 nitrogen and oxygen atoms in total. The van der Waals surface area contributed by atoms with Crippen LogP contribution in [0.1, 0.15) is 36.0 Å². The number of benzene rings is 1. The number of nitrogens with zero attached hydrogens (tertiary/aromatic N) is 1. The minimum Gasteiger partial charge on any atom is -0.391 e. The van der Waals surface area contributed by atoms with Gasteiger partial charge in [-0.3, -0.25) is 9.78 Å². The van der Waals surface area contributed by atoms with Crippen molar-refractivity contribution in [3.8, 4) is 0 Å². The van der Waals surface area contributed by atoms with E-state index in [-0.39, 0.29) is 5.91 Å².